The van der Waals surface area contributed by atoms with Crippen molar-refractivity contribution in [1.82, 2.24) is 0 Å². The third-order valence-corrected chi connectivity index (χ3v) is 5.43. The highest BCUT2D eigenvalue weighted by Gasteiger charge is 2.52. The number of hydrogen-bond donors (Lipinski definition) is 1. The molecule has 1 aromatic carbocycles. The van der Waals surface area contributed by atoms with Crippen molar-refractivity contribution in [2.24, 2.45) is 0 Å². The lowest BCUT2D eigenvalue weighted by atomic mass is 9.93. The summed E-state index contributed by atoms with van der Waals surface area (Å²) in [5.41, 5.74) is 7.28. The van der Waals surface area contributed by atoms with Crippen LogP contribution in [0.2, 0.25) is 0 Å². The molecule has 1 aliphatic carbocycles. The Kier molecular flexibility index (Phi) is 2.49. The van der Waals surface area contributed by atoms with Crippen molar-refractivity contribution < 1.29 is 8.42 Å². The molecule has 0 spiro atoms. The first-order chi connectivity index (χ1) is 7.36. The number of nitrogens with two attached hydrogens (primary N) is 1. The van der Waals surface area contributed by atoms with Crippen molar-refractivity contribution in [2.45, 2.75) is 30.4 Å². The lowest BCUT2D eigenvalue weighted by Gasteiger charge is -2.22. The van der Waals surface area contributed by atoms with Gasteiger partial charge in [0.25, 0.3) is 0 Å². The smallest absolute Gasteiger partial charge is 0.150 e. The van der Waals surface area contributed by atoms with Crippen molar-refractivity contribution in [3.63, 3.8) is 0 Å². The lowest BCUT2D eigenvalue weighted by Crippen LogP contribution is -2.30. The molecule has 0 heterocycles. The molecule has 3 nitrogen and oxygen atoms in total. The second kappa shape index (κ2) is 3.48. The Morgan fingerprint density at radius 3 is 2.12 bits per heavy atom. The zero-order valence-electron chi connectivity index (χ0n) is 9.60. The van der Waals surface area contributed by atoms with Crippen LogP contribution in [0.5, 0.6) is 0 Å². The number of nitrogen functional groups attached to an aromatic ring is 1. The molecule has 0 aliphatic heterocycles. The van der Waals surface area contributed by atoms with Crippen LogP contribution < -0.4 is 5.73 Å². The van der Waals surface area contributed by atoms with Gasteiger partial charge < -0.3 is 5.73 Å². The molecular formula is C12H17NO2S. The van der Waals surface area contributed by atoms with E-state index in [0.717, 1.165) is 18.4 Å². The summed E-state index contributed by atoms with van der Waals surface area (Å²) in [6.45, 7) is 1.80. The minimum absolute atomic E-state index is 0.165. The van der Waals surface area contributed by atoms with E-state index in [1.165, 1.54) is 6.26 Å². The van der Waals surface area contributed by atoms with Gasteiger partial charge in [0.15, 0.2) is 9.84 Å². The Hall–Kier alpha value is -1.03. The zero-order valence-corrected chi connectivity index (χ0v) is 10.4. The number of benzene rings is 1. The fourth-order valence-electron chi connectivity index (χ4n) is 2.29. The van der Waals surface area contributed by atoms with Gasteiger partial charge in [-0.15, -0.1) is 0 Å². The van der Waals surface area contributed by atoms with E-state index in [0.29, 0.717) is 5.69 Å². The molecule has 0 radical (unpaired) electrons. The van der Waals surface area contributed by atoms with Crippen LogP contribution in [0.1, 0.15) is 25.3 Å². The molecule has 1 aromatic rings. The van der Waals surface area contributed by atoms with Gasteiger partial charge in [-0.05, 0) is 37.5 Å². The highest BCUT2D eigenvalue weighted by atomic mass is 32.2. The van der Waals surface area contributed by atoms with E-state index in [4.69, 9.17) is 5.73 Å². The Labute approximate surface area is 96.6 Å². The van der Waals surface area contributed by atoms with Crippen LogP contribution in [0.15, 0.2) is 24.3 Å². The van der Waals surface area contributed by atoms with Gasteiger partial charge in [0.05, 0.1) is 5.25 Å². The van der Waals surface area contributed by atoms with E-state index < -0.39 is 9.84 Å². The van der Waals surface area contributed by atoms with E-state index in [1.807, 2.05) is 24.3 Å². The summed E-state index contributed by atoms with van der Waals surface area (Å²) in [6, 6.07) is 7.57. The maximum atomic E-state index is 11.6. The summed E-state index contributed by atoms with van der Waals surface area (Å²) in [5.74, 6) is 0. The van der Waals surface area contributed by atoms with Crippen LogP contribution in [-0.4, -0.2) is 19.9 Å². The largest absolute Gasteiger partial charge is 0.399 e. The molecule has 4 heteroatoms. The highest BCUT2D eigenvalue weighted by Crippen LogP contribution is 2.52. The molecule has 1 saturated carbocycles. The first kappa shape index (κ1) is 11.5. The maximum absolute atomic E-state index is 11.6. The third-order valence-electron chi connectivity index (χ3n) is 3.69. The molecule has 2 N–H and O–H groups in total. The van der Waals surface area contributed by atoms with Crippen LogP contribution in [0.4, 0.5) is 5.69 Å². The molecule has 88 valence electrons. The molecule has 1 aliphatic rings. The van der Waals surface area contributed by atoms with E-state index >= 15 is 0 Å². The van der Waals surface area contributed by atoms with E-state index in [-0.39, 0.29) is 10.7 Å². The van der Waals surface area contributed by atoms with Gasteiger partial charge in [0.1, 0.15) is 0 Å². The van der Waals surface area contributed by atoms with Crippen molar-refractivity contribution in [3.8, 4) is 0 Å². The topological polar surface area (TPSA) is 60.2 Å². The van der Waals surface area contributed by atoms with Gasteiger partial charge >= 0.3 is 0 Å². The average Bonchev–Trinajstić information content (AvgIpc) is 2.97. The zero-order chi connectivity index (χ0) is 12.0. The summed E-state index contributed by atoms with van der Waals surface area (Å²) in [4.78, 5) is 0. The Bertz CT molecular complexity index is 486. The van der Waals surface area contributed by atoms with Crippen molar-refractivity contribution >= 4 is 15.5 Å². The second-order valence-corrected chi connectivity index (χ2v) is 7.12. The predicted molar refractivity (Wildman–Crippen MR) is 66.1 cm³/mol. The predicted octanol–water partition coefficient (Wildman–Crippen LogP) is 1.73. The fraction of sp³-hybridized carbons (Fsp3) is 0.500. The average molecular weight is 239 g/mol. The standard InChI is InChI=1S/C12H17NO2S/c1-9(16(2,14)15)12(7-8-12)10-3-5-11(13)6-4-10/h3-6,9H,7-8,13H2,1-2H3. The summed E-state index contributed by atoms with van der Waals surface area (Å²) >= 11 is 0. The van der Waals surface area contributed by atoms with Gasteiger partial charge in [-0.2, -0.15) is 0 Å². The number of hydrogen-bond acceptors (Lipinski definition) is 3. The van der Waals surface area contributed by atoms with Gasteiger partial charge in [0.2, 0.25) is 0 Å². The maximum Gasteiger partial charge on any atom is 0.150 e. The Balaban J connectivity index is 2.37. The second-order valence-electron chi connectivity index (χ2n) is 4.75. The van der Waals surface area contributed by atoms with Gasteiger partial charge in [0, 0.05) is 17.4 Å². The van der Waals surface area contributed by atoms with Crippen LogP contribution in [0.3, 0.4) is 0 Å². The molecule has 1 fully saturated rings. The normalized spacial score (nSPS) is 20.4. The summed E-state index contributed by atoms with van der Waals surface area (Å²) in [7, 11) is -2.99. The molecular weight excluding hydrogens is 222 g/mol. The summed E-state index contributed by atoms with van der Waals surface area (Å²) in [5, 5.41) is -0.316. The van der Waals surface area contributed by atoms with Crippen LogP contribution in [0, 0.1) is 0 Å². The third kappa shape index (κ3) is 1.82. The van der Waals surface area contributed by atoms with Crippen molar-refractivity contribution in [2.75, 3.05) is 12.0 Å². The number of sulfone groups is 1. The van der Waals surface area contributed by atoms with E-state index in [1.54, 1.807) is 6.92 Å². The van der Waals surface area contributed by atoms with Crippen molar-refractivity contribution in [3.05, 3.63) is 29.8 Å². The van der Waals surface area contributed by atoms with Crippen molar-refractivity contribution in [1.29, 1.82) is 0 Å². The first-order valence-corrected chi connectivity index (χ1v) is 7.37. The van der Waals surface area contributed by atoms with E-state index in [2.05, 4.69) is 0 Å². The monoisotopic (exact) mass is 239 g/mol. The van der Waals surface area contributed by atoms with Crippen LogP contribution >= 0.6 is 0 Å². The molecule has 0 amide bonds. The molecule has 0 aromatic heterocycles. The number of rotatable bonds is 3. The summed E-state index contributed by atoms with van der Waals surface area (Å²) in [6.07, 6.45) is 3.21. The summed E-state index contributed by atoms with van der Waals surface area (Å²) < 4.78 is 23.3. The molecule has 1 unspecified atom stereocenters. The minimum atomic E-state index is -2.99. The molecule has 0 saturated heterocycles. The lowest BCUT2D eigenvalue weighted by molar-refractivity contribution is 0.562. The quantitative estimate of drug-likeness (QED) is 0.817. The van der Waals surface area contributed by atoms with Gasteiger partial charge in [-0.3, -0.25) is 0 Å². The number of anilines is 1. The molecule has 1 atom stereocenters. The van der Waals surface area contributed by atoms with Gasteiger partial charge in [-0.25, -0.2) is 8.42 Å². The molecule has 16 heavy (non-hydrogen) atoms. The van der Waals surface area contributed by atoms with Crippen LogP contribution in [0.25, 0.3) is 0 Å². The Morgan fingerprint density at radius 2 is 1.75 bits per heavy atom. The first-order valence-electron chi connectivity index (χ1n) is 5.41. The Morgan fingerprint density at radius 1 is 1.25 bits per heavy atom. The fourth-order valence-corrected chi connectivity index (χ4v) is 3.48. The minimum Gasteiger partial charge on any atom is -0.399 e. The van der Waals surface area contributed by atoms with E-state index in [9.17, 15) is 8.42 Å². The molecule has 0 bridgehead atoms. The SMILES string of the molecule is CC(C1(c2ccc(N)cc2)CC1)S(C)(=O)=O. The highest BCUT2D eigenvalue weighted by molar-refractivity contribution is 7.91. The van der Waals surface area contributed by atoms with Gasteiger partial charge in [-0.1, -0.05) is 12.1 Å². The molecule has 2 rings (SSSR count). The van der Waals surface area contributed by atoms with Crippen LogP contribution in [-0.2, 0) is 15.3 Å².